The van der Waals surface area contributed by atoms with Crippen LogP contribution in [-0.4, -0.2) is 19.8 Å². The van der Waals surface area contributed by atoms with Crippen molar-refractivity contribution in [1.82, 2.24) is 0 Å². The van der Waals surface area contributed by atoms with E-state index in [1.165, 1.54) is 6.07 Å². The number of benzene rings is 1. The summed E-state index contributed by atoms with van der Waals surface area (Å²) in [4.78, 5) is 0. The van der Waals surface area contributed by atoms with Crippen molar-refractivity contribution in [1.29, 1.82) is 0 Å². The first-order chi connectivity index (χ1) is 6.77. The Kier molecular flexibility index (Phi) is 2.52. The molecule has 2 rings (SSSR count). The van der Waals surface area contributed by atoms with Crippen molar-refractivity contribution in [3.63, 3.8) is 0 Å². The Morgan fingerprint density at radius 3 is 2.71 bits per heavy atom. The van der Waals surface area contributed by atoms with Crippen molar-refractivity contribution >= 4 is 0 Å². The van der Waals surface area contributed by atoms with Crippen LogP contribution in [0, 0.1) is 5.82 Å². The first-order valence-corrected chi connectivity index (χ1v) is 4.81. The predicted molar refractivity (Wildman–Crippen MR) is 52.6 cm³/mol. The molecule has 1 aromatic rings. The van der Waals surface area contributed by atoms with Gasteiger partial charge in [-0.15, -0.1) is 0 Å². The van der Waals surface area contributed by atoms with Gasteiger partial charge in [0, 0.05) is 5.41 Å². The minimum absolute atomic E-state index is 0.0309. The summed E-state index contributed by atoms with van der Waals surface area (Å²) < 4.78 is 18.2. The Morgan fingerprint density at radius 2 is 2.21 bits per heavy atom. The van der Waals surface area contributed by atoms with Crippen LogP contribution >= 0.6 is 0 Å². The Balaban J connectivity index is 2.27. The molecule has 0 atom stereocenters. The van der Waals surface area contributed by atoms with Crippen LogP contribution in [-0.2, 0) is 10.2 Å². The SMILES string of the molecule is NCCC1(c2cccc(F)c2)COC1. The lowest BCUT2D eigenvalue weighted by Crippen LogP contribution is -2.48. The third-order valence-electron chi connectivity index (χ3n) is 2.82. The summed E-state index contributed by atoms with van der Waals surface area (Å²) >= 11 is 0. The van der Waals surface area contributed by atoms with Gasteiger partial charge in [0.05, 0.1) is 13.2 Å². The van der Waals surface area contributed by atoms with Crippen molar-refractivity contribution in [2.45, 2.75) is 11.8 Å². The second-order valence-electron chi connectivity index (χ2n) is 3.82. The molecule has 0 amide bonds. The molecule has 3 heteroatoms. The van der Waals surface area contributed by atoms with Gasteiger partial charge in [-0.05, 0) is 30.7 Å². The zero-order valence-electron chi connectivity index (χ0n) is 8.00. The van der Waals surface area contributed by atoms with E-state index in [4.69, 9.17) is 10.5 Å². The minimum Gasteiger partial charge on any atom is -0.379 e. The molecule has 1 aliphatic rings. The smallest absolute Gasteiger partial charge is 0.123 e. The van der Waals surface area contributed by atoms with E-state index in [1.54, 1.807) is 12.1 Å². The number of nitrogens with two attached hydrogens (primary N) is 1. The Bertz CT molecular complexity index is 323. The lowest BCUT2D eigenvalue weighted by atomic mass is 9.76. The molecule has 0 bridgehead atoms. The predicted octanol–water partition coefficient (Wildman–Crippen LogP) is 1.44. The van der Waals surface area contributed by atoms with Crippen molar-refractivity contribution in [2.75, 3.05) is 19.8 Å². The third-order valence-corrected chi connectivity index (χ3v) is 2.82. The second-order valence-corrected chi connectivity index (χ2v) is 3.82. The van der Waals surface area contributed by atoms with Crippen molar-refractivity contribution in [3.05, 3.63) is 35.6 Å². The maximum Gasteiger partial charge on any atom is 0.123 e. The average Bonchev–Trinajstić information content (AvgIpc) is 2.11. The summed E-state index contributed by atoms with van der Waals surface area (Å²) in [6.45, 7) is 1.93. The van der Waals surface area contributed by atoms with Gasteiger partial charge in [-0.1, -0.05) is 12.1 Å². The lowest BCUT2D eigenvalue weighted by Gasteiger charge is -2.41. The highest BCUT2D eigenvalue weighted by Gasteiger charge is 2.39. The number of halogens is 1. The average molecular weight is 195 g/mol. The summed E-state index contributed by atoms with van der Waals surface area (Å²) in [6, 6.07) is 6.72. The van der Waals surface area contributed by atoms with Crippen molar-refractivity contribution in [2.24, 2.45) is 5.73 Å². The van der Waals surface area contributed by atoms with E-state index in [2.05, 4.69) is 0 Å². The van der Waals surface area contributed by atoms with Crippen LogP contribution in [0.25, 0.3) is 0 Å². The first kappa shape index (κ1) is 9.62. The van der Waals surface area contributed by atoms with E-state index >= 15 is 0 Å². The van der Waals surface area contributed by atoms with Crippen molar-refractivity contribution in [3.8, 4) is 0 Å². The zero-order valence-corrected chi connectivity index (χ0v) is 8.00. The molecule has 2 nitrogen and oxygen atoms in total. The van der Waals surface area contributed by atoms with E-state index in [0.717, 1.165) is 12.0 Å². The van der Waals surface area contributed by atoms with E-state index in [9.17, 15) is 4.39 Å². The molecule has 1 saturated heterocycles. The quantitative estimate of drug-likeness (QED) is 0.792. The standard InChI is InChI=1S/C11H14FNO/c12-10-3-1-2-9(6-10)11(4-5-13)7-14-8-11/h1-3,6H,4-5,7-8,13H2. The molecule has 0 saturated carbocycles. The summed E-state index contributed by atoms with van der Waals surface area (Å²) in [5.74, 6) is -0.189. The van der Waals surface area contributed by atoms with Gasteiger partial charge in [0.25, 0.3) is 0 Å². The number of rotatable bonds is 3. The molecule has 0 unspecified atom stereocenters. The van der Waals surface area contributed by atoms with Gasteiger partial charge in [0.1, 0.15) is 5.82 Å². The van der Waals surface area contributed by atoms with Crippen LogP contribution in [0.2, 0.25) is 0 Å². The Labute approximate surface area is 82.9 Å². The number of hydrogen-bond acceptors (Lipinski definition) is 2. The van der Waals surface area contributed by atoms with Gasteiger partial charge in [-0.25, -0.2) is 4.39 Å². The normalized spacial score (nSPS) is 19.0. The molecular weight excluding hydrogens is 181 g/mol. The van der Waals surface area contributed by atoms with E-state index in [-0.39, 0.29) is 11.2 Å². The molecule has 0 aromatic heterocycles. The Morgan fingerprint density at radius 1 is 1.43 bits per heavy atom. The number of hydrogen-bond donors (Lipinski definition) is 1. The molecule has 1 aromatic carbocycles. The third kappa shape index (κ3) is 1.53. The fourth-order valence-electron chi connectivity index (χ4n) is 1.90. The van der Waals surface area contributed by atoms with Crippen molar-refractivity contribution < 1.29 is 9.13 Å². The van der Waals surface area contributed by atoms with Gasteiger partial charge in [-0.2, -0.15) is 0 Å². The Hall–Kier alpha value is -0.930. The number of ether oxygens (including phenoxy) is 1. The van der Waals surface area contributed by atoms with E-state index in [0.29, 0.717) is 19.8 Å². The molecule has 2 N–H and O–H groups in total. The molecule has 1 heterocycles. The highest BCUT2D eigenvalue weighted by molar-refractivity contribution is 5.28. The van der Waals surface area contributed by atoms with Crippen LogP contribution in [0.5, 0.6) is 0 Å². The van der Waals surface area contributed by atoms with Gasteiger partial charge in [0.2, 0.25) is 0 Å². The second kappa shape index (κ2) is 3.67. The fraction of sp³-hybridized carbons (Fsp3) is 0.455. The van der Waals surface area contributed by atoms with Gasteiger partial charge in [0.15, 0.2) is 0 Å². The van der Waals surface area contributed by atoms with E-state index in [1.807, 2.05) is 6.07 Å². The lowest BCUT2D eigenvalue weighted by molar-refractivity contribution is -0.0632. The summed E-state index contributed by atoms with van der Waals surface area (Å²) in [7, 11) is 0. The highest BCUT2D eigenvalue weighted by atomic mass is 19.1. The maximum absolute atomic E-state index is 13.0. The van der Waals surface area contributed by atoms with Gasteiger partial charge >= 0.3 is 0 Å². The molecule has 0 aliphatic carbocycles. The van der Waals surface area contributed by atoms with Crippen LogP contribution < -0.4 is 5.73 Å². The molecule has 0 spiro atoms. The molecule has 0 radical (unpaired) electrons. The van der Waals surface area contributed by atoms with Crippen LogP contribution in [0.4, 0.5) is 4.39 Å². The summed E-state index contributed by atoms with van der Waals surface area (Å²) in [5.41, 5.74) is 6.53. The van der Waals surface area contributed by atoms with Gasteiger partial charge in [-0.3, -0.25) is 0 Å². The first-order valence-electron chi connectivity index (χ1n) is 4.81. The van der Waals surface area contributed by atoms with Crippen LogP contribution in [0.15, 0.2) is 24.3 Å². The maximum atomic E-state index is 13.0. The summed E-state index contributed by atoms with van der Waals surface area (Å²) in [6.07, 6.45) is 0.858. The molecule has 1 fully saturated rings. The van der Waals surface area contributed by atoms with E-state index < -0.39 is 0 Å². The van der Waals surface area contributed by atoms with Crippen LogP contribution in [0.1, 0.15) is 12.0 Å². The molecular formula is C11H14FNO. The largest absolute Gasteiger partial charge is 0.379 e. The summed E-state index contributed by atoms with van der Waals surface area (Å²) in [5, 5.41) is 0. The zero-order chi connectivity index (χ0) is 10.0. The molecule has 14 heavy (non-hydrogen) atoms. The molecule has 1 aliphatic heterocycles. The van der Waals surface area contributed by atoms with Crippen LogP contribution in [0.3, 0.4) is 0 Å². The topological polar surface area (TPSA) is 35.2 Å². The van der Waals surface area contributed by atoms with Gasteiger partial charge < -0.3 is 10.5 Å². The monoisotopic (exact) mass is 195 g/mol. The fourth-order valence-corrected chi connectivity index (χ4v) is 1.90. The highest BCUT2D eigenvalue weighted by Crippen LogP contribution is 2.35. The molecule has 76 valence electrons. The minimum atomic E-state index is -0.189.